The van der Waals surface area contributed by atoms with Gasteiger partial charge in [0.2, 0.25) is 0 Å². The van der Waals surface area contributed by atoms with Gasteiger partial charge in [-0.15, -0.1) is 0 Å². The molecule has 3 unspecified atom stereocenters. The summed E-state index contributed by atoms with van der Waals surface area (Å²) in [6.45, 7) is 7.26. The van der Waals surface area contributed by atoms with Crippen LogP contribution in [0.15, 0.2) is 12.1 Å². The van der Waals surface area contributed by atoms with Gasteiger partial charge in [-0.3, -0.25) is 4.90 Å². The van der Waals surface area contributed by atoms with E-state index in [9.17, 15) is 10.1 Å². The molecular formula is C22H31N4O2+. The second-order valence-corrected chi connectivity index (χ2v) is 9.54. The van der Waals surface area contributed by atoms with Crippen LogP contribution in [0.1, 0.15) is 56.7 Å². The predicted octanol–water partition coefficient (Wildman–Crippen LogP) is 2.25. The number of nitriles is 1. The highest BCUT2D eigenvalue weighted by atomic mass is 16.6. The zero-order chi connectivity index (χ0) is 20.1. The van der Waals surface area contributed by atoms with Gasteiger partial charge in [0.05, 0.1) is 29.4 Å². The molecule has 1 amide bonds. The van der Waals surface area contributed by atoms with Gasteiger partial charge in [-0.25, -0.2) is 4.79 Å². The molecule has 150 valence electrons. The first-order valence-electron chi connectivity index (χ1n) is 10.4. The van der Waals surface area contributed by atoms with Gasteiger partial charge in [0.25, 0.3) is 0 Å². The van der Waals surface area contributed by atoms with Crippen molar-refractivity contribution in [3.05, 3.63) is 28.8 Å². The Hall–Kier alpha value is -2.26. The summed E-state index contributed by atoms with van der Waals surface area (Å²) < 4.78 is 5.64. The molecule has 0 aromatic heterocycles. The number of nitrogens with zero attached hydrogens (tertiary/aromatic N) is 3. The third-order valence-electron chi connectivity index (χ3n) is 6.20. The molecule has 3 atom stereocenters. The summed E-state index contributed by atoms with van der Waals surface area (Å²) >= 11 is 0. The summed E-state index contributed by atoms with van der Waals surface area (Å²) in [5.74, 6) is 0. The molecule has 28 heavy (non-hydrogen) atoms. The number of amides is 1. The van der Waals surface area contributed by atoms with Crippen LogP contribution in [0, 0.1) is 11.3 Å². The minimum absolute atomic E-state index is 0.153. The van der Waals surface area contributed by atoms with E-state index in [0.29, 0.717) is 6.04 Å². The molecule has 1 aliphatic carbocycles. The second-order valence-electron chi connectivity index (χ2n) is 9.54. The van der Waals surface area contributed by atoms with Crippen LogP contribution in [-0.2, 0) is 17.6 Å². The van der Waals surface area contributed by atoms with E-state index in [4.69, 9.17) is 4.74 Å². The molecular weight excluding hydrogens is 352 g/mol. The fourth-order valence-electron chi connectivity index (χ4n) is 4.94. The van der Waals surface area contributed by atoms with Gasteiger partial charge in [0, 0.05) is 25.9 Å². The number of fused-ring (bicyclic) bond motifs is 3. The van der Waals surface area contributed by atoms with Crippen LogP contribution in [0.5, 0.6) is 0 Å². The van der Waals surface area contributed by atoms with E-state index in [1.165, 1.54) is 11.1 Å². The van der Waals surface area contributed by atoms with Crippen molar-refractivity contribution in [3.63, 3.8) is 0 Å². The summed E-state index contributed by atoms with van der Waals surface area (Å²) in [5.41, 5.74) is 8.14. The summed E-state index contributed by atoms with van der Waals surface area (Å²) in [6.07, 6.45) is 4.89. The molecule has 0 radical (unpaired) electrons. The number of hydrogen-bond donors (Lipinski definition) is 1. The Balaban J connectivity index is 1.57. The van der Waals surface area contributed by atoms with Crippen molar-refractivity contribution < 1.29 is 15.3 Å². The van der Waals surface area contributed by atoms with Crippen molar-refractivity contribution in [1.82, 2.24) is 4.90 Å². The van der Waals surface area contributed by atoms with Crippen molar-refractivity contribution in [1.29, 1.82) is 5.26 Å². The highest BCUT2D eigenvalue weighted by molar-refractivity contribution is 5.71. The van der Waals surface area contributed by atoms with Crippen LogP contribution in [0.3, 0.4) is 0 Å². The lowest BCUT2D eigenvalue weighted by Gasteiger charge is -2.42. The molecule has 0 saturated carbocycles. The lowest BCUT2D eigenvalue weighted by Crippen LogP contribution is -2.62. The van der Waals surface area contributed by atoms with Crippen molar-refractivity contribution in [2.24, 2.45) is 0 Å². The molecule has 2 saturated heterocycles. The average molecular weight is 384 g/mol. The van der Waals surface area contributed by atoms with Crippen LogP contribution in [0.25, 0.3) is 0 Å². The molecule has 3 N–H and O–H groups in total. The van der Waals surface area contributed by atoms with Gasteiger partial charge in [-0.05, 0) is 63.3 Å². The molecule has 2 heterocycles. The second kappa shape index (κ2) is 6.97. The zero-order valence-corrected chi connectivity index (χ0v) is 17.2. The Morgan fingerprint density at radius 2 is 1.86 bits per heavy atom. The smallest absolute Gasteiger partial charge is 0.410 e. The van der Waals surface area contributed by atoms with Crippen LogP contribution in [0.2, 0.25) is 0 Å². The van der Waals surface area contributed by atoms with Crippen LogP contribution < -0.4 is 10.6 Å². The van der Waals surface area contributed by atoms with Crippen molar-refractivity contribution in [2.45, 2.75) is 76.6 Å². The molecule has 6 heteroatoms. The van der Waals surface area contributed by atoms with Gasteiger partial charge in [0.1, 0.15) is 11.7 Å². The van der Waals surface area contributed by atoms with E-state index in [0.717, 1.165) is 56.4 Å². The first-order valence-corrected chi connectivity index (χ1v) is 10.4. The Morgan fingerprint density at radius 3 is 2.46 bits per heavy atom. The molecule has 4 rings (SSSR count). The zero-order valence-electron chi connectivity index (χ0n) is 17.2. The number of piperazine rings is 1. The number of rotatable bonds is 1. The van der Waals surface area contributed by atoms with Gasteiger partial charge in [0.15, 0.2) is 0 Å². The lowest BCUT2D eigenvalue weighted by molar-refractivity contribution is -0.421. The van der Waals surface area contributed by atoms with Gasteiger partial charge in [-0.2, -0.15) is 5.26 Å². The van der Waals surface area contributed by atoms with E-state index in [1.807, 2.05) is 25.7 Å². The quantitative estimate of drug-likeness (QED) is 0.806. The van der Waals surface area contributed by atoms with Crippen LogP contribution >= 0.6 is 0 Å². The van der Waals surface area contributed by atoms with Crippen molar-refractivity contribution in [3.8, 4) is 6.07 Å². The summed E-state index contributed by atoms with van der Waals surface area (Å²) in [7, 11) is 0. The Morgan fingerprint density at radius 1 is 1.18 bits per heavy atom. The number of aryl methyl sites for hydroxylation is 1. The average Bonchev–Trinajstić information content (AvgIpc) is 2.89. The largest absolute Gasteiger partial charge is 0.444 e. The third-order valence-corrected chi connectivity index (χ3v) is 6.20. The molecule has 1 aromatic rings. The monoisotopic (exact) mass is 383 g/mol. The molecule has 3 aliphatic rings. The van der Waals surface area contributed by atoms with E-state index < -0.39 is 5.60 Å². The Kier molecular flexibility index (Phi) is 4.75. The minimum Gasteiger partial charge on any atom is -0.444 e. The van der Waals surface area contributed by atoms with Crippen molar-refractivity contribution >= 4 is 11.8 Å². The summed E-state index contributed by atoms with van der Waals surface area (Å²) in [5, 5.41) is 9.75. The van der Waals surface area contributed by atoms with Crippen molar-refractivity contribution in [2.75, 3.05) is 18.0 Å². The molecule has 2 aliphatic heterocycles. The topological polar surface area (TPSA) is 84.2 Å². The number of carbonyl (C=O) groups excluding carboxylic acids is 1. The van der Waals surface area contributed by atoms with E-state index in [2.05, 4.69) is 28.8 Å². The summed E-state index contributed by atoms with van der Waals surface area (Å²) in [6, 6.07) is 7.45. The first-order chi connectivity index (χ1) is 13.2. The molecule has 0 spiro atoms. The van der Waals surface area contributed by atoms with Gasteiger partial charge < -0.3 is 15.4 Å². The Labute approximate surface area is 167 Å². The van der Waals surface area contributed by atoms with Crippen LogP contribution in [-0.4, -0.2) is 47.8 Å². The van der Waals surface area contributed by atoms with E-state index >= 15 is 0 Å². The number of carbonyl (C=O) groups is 1. The summed E-state index contributed by atoms with van der Waals surface area (Å²) in [4.78, 5) is 17.0. The maximum absolute atomic E-state index is 12.7. The SMILES string of the molecule is CC(C)(C)OC(=O)N1C2CCC1CN(c1cc3c(cc1C#N)CC([NH3+])CC3)C2. The number of quaternary nitrogens is 1. The maximum atomic E-state index is 12.7. The highest BCUT2D eigenvalue weighted by Crippen LogP contribution is 2.36. The first kappa shape index (κ1) is 19.1. The number of anilines is 1. The minimum atomic E-state index is -0.480. The van der Waals surface area contributed by atoms with Gasteiger partial charge >= 0.3 is 6.09 Å². The maximum Gasteiger partial charge on any atom is 0.410 e. The fraction of sp³-hybridized carbons (Fsp3) is 0.636. The van der Waals surface area contributed by atoms with E-state index in [1.54, 1.807) is 0 Å². The fourth-order valence-corrected chi connectivity index (χ4v) is 4.94. The molecule has 2 fully saturated rings. The molecule has 2 bridgehead atoms. The lowest BCUT2D eigenvalue weighted by atomic mass is 9.87. The highest BCUT2D eigenvalue weighted by Gasteiger charge is 2.44. The standard InChI is InChI=1S/C22H30N4O2/c1-22(2,3)28-21(27)26-18-6-7-19(26)13-25(12-18)20-10-14-4-5-17(24)9-15(14)8-16(20)11-23/h8,10,17-19H,4-7,9,12-13,24H2,1-3H3/p+1. The third kappa shape index (κ3) is 3.56. The van der Waals surface area contributed by atoms with Gasteiger partial charge in [-0.1, -0.05) is 0 Å². The van der Waals surface area contributed by atoms with E-state index in [-0.39, 0.29) is 18.2 Å². The Bertz CT molecular complexity index is 809. The van der Waals surface area contributed by atoms with Crippen LogP contribution in [0.4, 0.5) is 10.5 Å². The molecule has 1 aromatic carbocycles. The molecule has 6 nitrogen and oxygen atoms in total. The number of hydrogen-bond acceptors (Lipinski definition) is 4. The normalized spacial score (nSPS) is 26.6. The predicted molar refractivity (Wildman–Crippen MR) is 107 cm³/mol. The number of ether oxygens (including phenoxy) is 1. The number of benzene rings is 1.